The summed E-state index contributed by atoms with van der Waals surface area (Å²) in [6.07, 6.45) is 4.14. The fraction of sp³-hybridized carbons (Fsp3) is 0.222. The van der Waals surface area contributed by atoms with Gasteiger partial charge in [0.25, 0.3) is 5.91 Å². The number of benzene rings is 2. The number of hydrogen-bond acceptors (Lipinski definition) is 6. The Kier molecular flexibility index (Phi) is 8.32. The van der Waals surface area contributed by atoms with Crippen molar-refractivity contribution >= 4 is 46.4 Å². The lowest BCUT2D eigenvalue weighted by Crippen LogP contribution is -2.45. The van der Waals surface area contributed by atoms with Crippen molar-refractivity contribution in [2.24, 2.45) is 10.7 Å². The highest BCUT2D eigenvalue weighted by Crippen LogP contribution is 2.32. The van der Waals surface area contributed by atoms with Gasteiger partial charge in [0.05, 0.1) is 23.5 Å². The first-order chi connectivity index (χ1) is 18.3. The van der Waals surface area contributed by atoms with Crippen LogP contribution in [-0.4, -0.2) is 59.5 Å². The maximum absolute atomic E-state index is 14.4. The summed E-state index contributed by atoms with van der Waals surface area (Å²) in [5, 5.41) is 6.09. The van der Waals surface area contributed by atoms with E-state index in [9.17, 15) is 18.8 Å². The maximum atomic E-state index is 14.4. The first-order valence-corrected chi connectivity index (χ1v) is 12.3. The molecule has 4 rings (SSSR count). The van der Waals surface area contributed by atoms with Gasteiger partial charge in [-0.15, -0.1) is 0 Å². The molecule has 3 aromatic rings. The van der Waals surface area contributed by atoms with E-state index in [0.717, 1.165) is 0 Å². The molecular formula is C27H26ClFN6O3. The molecule has 196 valence electrons. The molecule has 1 aliphatic heterocycles. The van der Waals surface area contributed by atoms with Gasteiger partial charge < -0.3 is 21.3 Å². The number of nitrogens with two attached hydrogens (primary N) is 1. The molecule has 1 aliphatic rings. The van der Waals surface area contributed by atoms with Crippen LogP contribution in [0.1, 0.15) is 18.4 Å². The van der Waals surface area contributed by atoms with E-state index in [2.05, 4.69) is 20.6 Å². The lowest BCUT2D eigenvalue weighted by Gasteiger charge is -2.24. The van der Waals surface area contributed by atoms with Crippen LogP contribution in [0.4, 0.5) is 15.8 Å². The zero-order valence-corrected chi connectivity index (χ0v) is 21.3. The number of aliphatic imine (C=N–C) groups is 1. The van der Waals surface area contributed by atoms with Gasteiger partial charge in [0.2, 0.25) is 11.8 Å². The summed E-state index contributed by atoms with van der Waals surface area (Å²) in [5.74, 6) is -1.81. The number of nitrogens with zero attached hydrogens (tertiary/aromatic N) is 3. The quantitative estimate of drug-likeness (QED) is 0.379. The van der Waals surface area contributed by atoms with Crippen LogP contribution < -0.4 is 16.4 Å². The Hall–Kier alpha value is -4.31. The first-order valence-electron chi connectivity index (χ1n) is 11.9. The number of amides is 3. The lowest BCUT2D eigenvalue weighted by atomic mass is 10.0. The molecular weight excluding hydrogens is 511 g/mol. The topological polar surface area (TPSA) is 130 Å². The molecule has 3 amide bonds. The van der Waals surface area contributed by atoms with Crippen LogP contribution in [0.2, 0.25) is 5.02 Å². The normalized spacial score (nSPS) is 15.3. The molecule has 1 saturated heterocycles. The fourth-order valence-corrected chi connectivity index (χ4v) is 4.74. The summed E-state index contributed by atoms with van der Waals surface area (Å²) in [6, 6.07) is 12.1. The van der Waals surface area contributed by atoms with Crippen LogP contribution >= 0.6 is 11.6 Å². The third-order valence-corrected chi connectivity index (χ3v) is 6.54. The number of rotatable bonds is 8. The molecule has 0 spiro atoms. The van der Waals surface area contributed by atoms with Crippen LogP contribution in [-0.2, 0) is 14.4 Å². The summed E-state index contributed by atoms with van der Waals surface area (Å²) in [5.41, 5.74) is 7.54. The summed E-state index contributed by atoms with van der Waals surface area (Å²) in [6.45, 7) is 0.297. The Labute approximate surface area is 223 Å². The zero-order valence-electron chi connectivity index (χ0n) is 20.6. The Morgan fingerprint density at radius 2 is 2.00 bits per heavy atom. The van der Waals surface area contributed by atoms with Crippen LogP contribution in [0.25, 0.3) is 11.1 Å². The molecule has 1 aromatic heterocycles. The average molecular weight is 537 g/mol. The summed E-state index contributed by atoms with van der Waals surface area (Å²) in [4.78, 5) is 47.4. The average Bonchev–Trinajstić information content (AvgIpc) is 3.39. The maximum Gasteiger partial charge on any atom is 0.267 e. The largest absolute Gasteiger partial charge is 0.374 e. The molecule has 1 fully saturated rings. The van der Waals surface area contributed by atoms with Gasteiger partial charge in [-0.05, 0) is 48.7 Å². The number of pyridine rings is 1. The van der Waals surface area contributed by atoms with Crippen LogP contribution in [0.5, 0.6) is 0 Å². The summed E-state index contributed by atoms with van der Waals surface area (Å²) < 4.78 is 14.4. The number of aromatic nitrogens is 1. The number of likely N-dealkylation sites (tertiary alicyclic amines) is 1. The van der Waals surface area contributed by atoms with E-state index in [0.29, 0.717) is 41.9 Å². The number of hydrogen-bond donors (Lipinski definition) is 3. The van der Waals surface area contributed by atoms with E-state index < -0.39 is 17.8 Å². The first kappa shape index (κ1) is 26.7. The summed E-state index contributed by atoms with van der Waals surface area (Å²) >= 11 is 6.19. The Balaban J connectivity index is 1.44. The van der Waals surface area contributed by atoms with E-state index >= 15 is 0 Å². The molecule has 0 radical (unpaired) electrons. The van der Waals surface area contributed by atoms with Crippen molar-refractivity contribution in [3.63, 3.8) is 0 Å². The SMILES string of the molecule is CN=C(C(N)=O)c1ccncc1NCC(=O)N1CCCC1C(=O)Nc1cccc(-c2c(F)cccc2Cl)c1. The number of primary amides is 1. The molecule has 9 nitrogen and oxygen atoms in total. The van der Waals surface area contributed by atoms with E-state index in [1.165, 1.54) is 36.5 Å². The molecule has 0 aliphatic carbocycles. The van der Waals surface area contributed by atoms with Crippen molar-refractivity contribution in [3.05, 3.63) is 77.3 Å². The Morgan fingerprint density at radius 3 is 2.74 bits per heavy atom. The van der Waals surface area contributed by atoms with Gasteiger partial charge in [0.1, 0.15) is 17.6 Å². The number of halogens is 2. The molecule has 1 atom stereocenters. The van der Waals surface area contributed by atoms with Gasteiger partial charge in [-0.3, -0.25) is 24.4 Å². The minimum atomic E-state index is -0.703. The molecule has 2 aromatic carbocycles. The predicted molar refractivity (Wildman–Crippen MR) is 145 cm³/mol. The number of carbonyl (C=O) groups is 3. The predicted octanol–water partition coefficient (Wildman–Crippen LogP) is 3.49. The van der Waals surface area contributed by atoms with Gasteiger partial charge in [0.15, 0.2) is 0 Å². The van der Waals surface area contributed by atoms with E-state index in [-0.39, 0.29) is 34.7 Å². The van der Waals surface area contributed by atoms with Gasteiger partial charge >= 0.3 is 0 Å². The molecule has 1 unspecified atom stereocenters. The molecule has 0 bridgehead atoms. The van der Waals surface area contributed by atoms with E-state index in [4.69, 9.17) is 17.3 Å². The third-order valence-electron chi connectivity index (χ3n) is 6.22. The van der Waals surface area contributed by atoms with E-state index in [1.54, 1.807) is 36.4 Å². The van der Waals surface area contributed by atoms with Crippen LogP contribution in [0.3, 0.4) is 0 Å². The minimum absolute atomic E-state index is 0.0553. The minimum Gasteiger partial charge on any atom is -0.374 e. The van der Waals surface area contributed by atoms with Gasteiger partial charge in [-0.1, -0.05) is 29.8 Å². The second kappa shape index (κ2) is 11.8. The van der Waals surface area contributed by atoms with E-state index in [1.807, 2.05) is 0 Å². The molecule has 4 N–H and O–H groups in total. The molecule has 11 heteroatoms. The summed E-state index contributed by atoms with van der Waals surface area (Å²) in [7, 11) is 1.45. The molecule has 2 heterocycles. The third kappa shape index (κ3) is 5.81. The Bertz CT molecular complexity index is 1390. The second-order valence-corrected chi connectivity index (χ2v) is 9.03. The number of carbonyl (C=O) groups excluding carboxylic acids is 3. The van der Waals surface area contributed by atoms with Gasteiger partial charge in [-0.2, -0.15) is 0 Å². The van der Waals surface area contributed by atoms with Crippen molar-refractivity contribution in [2.45, 2.75) is 18.9 Å². The zero-order chi connectivity index (χ0) is 27.2. The van der Waals surface area contributed by atoms with Crippen molar-refractivity contribution in [3.8, 4) is 11.1 Å². The van der Waals surface area contributed by atoms with Crippen molar-refractivity contribution < 1.29 is 18.8 Å². The van der Waals surface area contributed by atoms with Crippen molar-refractivity contribution in [1.82, 2.24) is 9.88 Å². The lowest BCUT2D eigenvalue weighted by molar-refractivity contribution is -0.135. The van der Waals surface area contributed by atoms with Crippen molar-refractivity contribution in [2.75, 3.05) is 30.8 Å². The van der Waals surface area contributed by atoms with Crippen LogP contribution in [0, 0.1) is 5.82 Å². The molecule has 0 saturated carbocycles. The fourth-order valence-electron chi connectivity index (χ4n) is 4.47. The smallest absolute Gasteiger partial charge is 0.267 e. The standard InChI is InChI=1S/C27H26ClFN6O3/c1-31-25(26(30)37)18-10-11-32-14-21(18)33-15-23(36)35-12-4-9-22(35)27(38)34-17-6-2-5-16(13-17)24-19(28)7-3-8-20(24)29/h2-3,5-8,10-11,13-14,22,33H,4,9,12,15H2,1H3,(H2,30,37)(H,34,38). The number of anilines is 2. The van der Waals surface area contributed by atoms with Gasteiger partial charge in [0, 0.05) is 36.6 Å². The highest BCUT2D eigenvalue weighted by molar-refractivity contribution is 6.46. The number of nitrogens with one attached hydrogen (secondary N) is 2. The highest BCUT2D eigenvalue weighted by atomic mass is 35.5. The monoisotopic (exact) mass is 536 g/mol. The Morgan fingerprint density at radius 1 is 1.21 bits per heavy atom. The van der Waals surface area contributed by atoms with Crippen LogP contribution in [0.15, 0.2) is 65.9 Å². The van der Waals surface area contributed by atoms with Crippen molar-refractivity contribution in [1.29, 1.82) is 0 Å². The second-order valence-electron chi connectivity index (χ2n) is 8.62. The van der Waals surface area contributed by atoms with Gasteiger partial charge in [-0.25, -0.2) is 4.39 Å². The highest BCUT2D eigenvalue weighted by Gasteiger charge is 2.34. The molecule has 38 heavy (non-hydrogen) atoms.